The van der Waals surface area contributed by atoms with Crippen LogP contribution in [0.25, 0.3) is 0 Å². The van der Waals surface area contributed by atoms with Gasteiger partial charge < -0.3 is 15.1 Å². The average molecular weight is 593 g/mol. The number of nitrogens with one attached hydrogen (secondary N) is 1. The van der Waals surface area contributed by atoms with Crippen molar-refractivity contribution in [2.75, 3.05) is 37.6 Å². The van der Waals surface area contributed by atoms with Gasteiger partial charge in [-0.05, 0) is 61.9 Å². The zero-order valence-corrected chi connectivity index (χ0v) is 25.1. The summed E-state index contributed by atoms with van der Waals surface area (Å²) < 4.78 is 13.4. The van der Waals surface area contributed by atoms with Gasteiger partial charge in [0.2, 0.25) is 11.8 Å². The summed E-state index contributed by atoms with van der Waals surface area (Å²) in [6.45, 7) is 9.58. The lowest BCUT2D eigenvalue weighted by molar-refractivity contribution is -0.135. The molecule has 2 saturated heterocycles. The van der Waals surface area contributed by atoms with E-state index in [9.17, 15) is 14.0 Å². The number of benzene rings is 1. The van der Waals surface area contributed by atoms with E-state index in [1.54, 1.807) is 12.1 Å². The summed E-state index contributed by atoms with van der Waals surface area (Å²) in [5.41, 5.74) is 3.59. The van der Waals surface area contributed by atoms with Gasteiger partial charge in [-0.1, -0.05) is 26.0 Å². The lowest BCUT2D eigenvalue weighted by Gasteiger charge is -2.42. The van der Waals surface area contributed by atoms with Crippen LogP contribution in [0.3, 0.4) is 0 Å². The number of aromatic nitrogens is 1. The van der Waals surface area contributed by atoms with E-state index in [1.165, 1.54) is 12.1 Å². The van der Waals surface area contributed by atoms with Crippen LogP contribution >= 0.6 is 24.8 Å². The third kappa shape index (κ3) is 5.87. The van der Waals surface area contributed by atoms with Crippen molar-refractivity contribution in [1.29, 1.82) is 0 Å². The summed E-state index contributed by atoms with van der Waals surface area (Å²) >= 11 is 0. The largest absolute Gasteiger partial charge is 0.338 e. The van der Waals surface area contributed by atoms with Crippen LogP contribution < -0.4 is 10.2 Å². The molecule has 1 aliphatic carbocycles. The van der Waals surface area contributed by atoms with E-state index >= 15 is 0 Å². The van der Waals surface area contributed by atoms with Crippen molar-refractivity contribution in [2.45, 2.75) is 70.0 Å². The molecule has 1 aromatic carbocycles. The second-order valence-electron chi connectivity index (χ2n) is 12.4. The minimum Gasteiger partial charge on any atom is -0.338 e. The highest BCUT2D eigenvalue weighted by Gasteiger charge is 2.46. The van der Waals surface area contributed by atoms with Gasteiger partial charge in [0.15, 0.2) is 0 Å². The smallest absolute Gasteiger partial charge is 0.241 e. The molecule has 2 amide bonds. The minimum absolute atomic E-state index is 0. The Kier molecular flexibility index (Phi) is 9.15. The Hall–Kier alpha value is -2.26. The molecule has 1 saturated carbocycles. The Morgan fingerprint density at radius 2 is 1.90 bits per heavy atom. The van der Waals surface area contributed by atoms with E-state index < -0.39 is 0 Å². The van der Waals surface area contributed by atoms with Crippen molar-refractivity contribution in [3.05, 3.63) is 59.2 Å². The molecule has 0 spiro atoms. The van der Waals surface area contributed by atoms with Gasteiger partial charge in [-0.3, -0.25) is 19.5 Å². The van der Waals surface area contributed by atoms with Crippen LogP contribution in [-0.4, -0.2) is 77.4 Å². The van der Waals surface area contributed by atoms with Crippen LogP contribution in [0.15, 0.2) is 36.5 Å². The van der Waals surface area contributed by atoms with Gasteiger partial charge >= 0.3 is 0 Å². The number of likely N-dealkylation sites (tertiary alicyclic amines) is 1. The Morgan fingerprint density at radius 3 is 2.60 bits per heavy atom. The van der Waals surface area contributed by atoms with E-state index in [2.05, 4.69) is 42.0 Å². The number of carbonyl (C=O) groups is 2. The van der Waals surface area contributed by atoms with Crippen molar-refractivity contribution < 1.29 is 14.0 Å². The Morgan fingerprint density at radius 1 is 1.15 bits per heavy atom. The molecule has 1 N–H and O–H groups in total. The SMILES string of the molecule is C[C@@H]1CN(CC(=O)N2CC(C)(C)c3ncc(Cc4ccc(F)cc4)cc32)[C@@H](CN2C(=O)[C@@H]3CC[C@H]2C3)CN1.Cl.Cl. The third-order valence-electron chi connectivity index (χ3n) is 8.98. The summed E-state index contributed by atoms with van der Waals surface area (Å²) in [6.07, 6.45) is 5.66. The van der Waals surface area contributed by atoms with E-state index in [0.29, 0.717) is 38.0 Å². The first-order chi connectivity index (χ1) is 18.2. The van der Waals surface area contributed by atoms with E-state index in [-0.39, 0.29) is 60.0 Å². The van der Waals surface area contributed by atoms with Crippen LogP contribution in [0.2, 0.25) is 0 Å². The number of anilines is 1. The average Bonchev–Trinajstić information content (AvgIpc) is 3.55. The van der Waals surface area contributed by atoms with E-state index in [1.807, 2.05) is 11.1 Å². The van der Waals surface area contributed by atoms with Crippen LogP contribution in [0.5, 0.6) is 0 Å². The standard InChI is InChI=1S/C30H38FN5O2.2ClH/c1-19-15-34(25(14-32-19)16-35-24-9-6-22(12-24)29(35)38)17-27(37)36-18-30(2,3)28-26(36)11-21(13-33-28)10-20-4-7-23(31)8-5-20;;/h4-5,7-8,11,13,19,22,24-25,32H,6,9-10,12,14-18H2,1-3H3;2*1H/t19-,22-,24+,25-;;/m1../s1. The monoisotopic (exact) mass is 591 g/mol. The number of halogens is 3. The minimum atomic E-state index is -0.249. The first kappa shape index (κ1) is 30.7. The molecule has 2 aromatic rings. The summed E-state index contributed by atoms with van der Waals surface area (Å²) in [6, 6.07) is 9.39. The molecule has 3 aliphatic heterocycles. The van der Waals surface area contributed by atoms with Gasteiger partial charge in [-0.2, -0.15) is 0 Å². The molecular formula is C30H40Cl2FN5O2. The van der Waals surface area contributed by atoms with Crippen molar-refractivity contribution in [3.8, 4) is 0 Å². The summed E-state index contributed by atoms with van der Waals surface area (Å²) in [7, 11) is 0. The lowest BCUT2D eigenvalue weighted by atomic mass is 9.91. The van der Waals surface area contributed by atoms with Crippen molar-refractivity contribution in [2.24, 2.45) is 5.92 Å². The lowest BCUT2D eigenvalue weighted by Crippen LogP contribution is -2.61. The molecule has 0 radical (unpaired) electrons. The molecule has 0 unspecified atom stereocenters. The number of hydrogen-bond donors (Lipinski definition) is 1. The van der Waals surface area contributed by atoms with Crippen LogP contribution in [0.4, 0.5) is 10.1 Å². The summed E-state index contributed by atoms with van der Waals surface area (Å²) in [4.78, 5) is 37.8. The van der Waals surface area contributed by atoms with Crippen LogP contribution in [-0.2, 0) is 21.4 Å². The van der Waals surface area contributed by atoms with Gasteiger partial charge in [-0.25, -0.2) is 4.39 Å². The molecular weight excluding hydrogens is 552 g/mol. The Balaban J connectivity index is 0.00000185. The molecule has 1 aromatic heterocycles. The molecule has 218 valence electrons. The zero-order chi connectivity index (χ0) is 26.6. The molecule has 3 fully saturated rings. The van der Waals surface area contributed by atoms with E-state index in [0.717, 1.165) is 54.9 Å². The van der Waals surface area contributed by atoms with Gasteiger partial charge in [0.1, 0.15) is 5.82 Å². The fraction of sp³-hybridized carbons (Fsp3) is 0.567. The van der Waals surface area contributed by atoms with Gasteiger partial charge in [0, 0.05) is 61.8 Å². The molecule has 7 nitrogen and oxygen atoms in total. The van der Waals surface area contributed by atoms with Crippen LogP contribution in [0, 0.1) is 11.7 Å². The van der Waals surface area contributed by atoms with Gasteiger partial charge in [-0.15, -0.1) is 24.8 Å². The second-order valence-corrected chi connectivity index (χ2v) is 12.4. The third-order valence-corrected chi connectivity index (χ3v) is 8.98. The maximum atomic E-state index is 13.9. The number of piperazine rings is 1. The quantitative estimate of drug-likeness (QED) is 0.551. The van der Waals surface area contributed by atoms with Crippen LogP contribution in [0.1, 0.15) is 56.9 Å². The number of nitrogens with zero attached hydrogens (tertiary/aromatic N) is 4. The molecule has 4 heterocycles. The first-order valence-electron chi connectivity index (χ1n) is 14.0. The Labute approximate surface area is 248 Å². The fourth-order valence-corrected chi connectivity index (χ4v) is 6.94. The first-order valence-corrected chi connectivity index (χ1v) is 14.0. The van der Waals surface area contributed by atoms with Crippen molar-refractivity contribution in [1.82, 2.24) is 20.1 Å². The number of hydrogen-bond acceptors (Lipinski definition) is 5. The van der Waals surface area contributed by atoms with E-state index in [4.69, 9.17) is 4.98 Å². The highest BCUT2D eigenvalue weighted by molar-refractivity contribution is 5.97. The highest BCUT2D eigenvalue weighted by Crippen LogP contribution is 2.40. The number of fused-ring (bicyclic) bond motifs is 3. The summed E-state index contributed by atoms with van der Waals surface area (Å²) in [5, 5.41) is 3.56. The maximum absolute atomic E-state index is 13.9. The zero-order valence-electron chi connectivity index (χ0n) is 23.4. The molecule has 10 heteroatoms. The number of amides is 2. The molecule has 40 heavy (non-hydrogen) atoms. The van der Waals surface area contributed by atoms with Gasteiger partial charge in [0.25, 0.3) is 0 Å². The molecule has 6 rings (SSSR count). The normalized spacial score (nSPS) is 26.9. The number of carbonyl (C=O) groups excluding carboxylic acids is 2. The molecule has 2 bridgehead atoms. The maximum Gasteiger partial charge on any atom is 0.241 e. The number of pyridine rings is 1. The Bertz CT molecular complexity index is 1240. The molecule has 4 atom stereocenters. The topological polar surface area (TPSA) is 68.8 Å². The number of piperidine rings is 1. The predicted molar refractivity (Wildman–Crippen MR) is 159 cm³/mol. The van der Waals surface area contributed by atoms with Crippen molar-refractivity contribution >= 4 is 42.3 Å². The molecule has 4 aliphatic rings. The second kappa shape index (κ2) is 11.9. The number of rotatable bonds is 6. The van der Waals surface area contributed by atoms with Crippen molar-refractivity contribution in [3.63, 3.8) is 0 Å². The highest BCUT2D eigenvalue weighted by atomic mass is 35.5. The fourth-order valence-electron chi connectivity index (χ4n) is 6.94. The van der Waals surface area contributed by atoms with Gasteiger partial charge in [0.05, 0.1) is 17.9 Å². The predicted octanol–water partition coefficient (Wildman–Crippen LogP) is 3.95. The summed E-state index contributed by atoms with van der Waals surface area (Å²) in [5.74, 6) is 0.346.